The Morgan fingerprint density at radius 2 is 1.95 bits per heavy atom. The first-order valence-corrected chi connectivity index (χ1v) is 8.06. The van der Waals surface area contributed by atoms with Crippen LogP contribution in [-0.4, -0.2) is 9.55 Å². The van der Waals surface area contributed by atoms with Gasteiger partial charge in [0.2, 0.25) is 0 Å². The van der Waals surface area contributed by atoms with E-state index in [0.717, 1.165) is 21.3 Å². The van der Waals surface area contributed by atoms with E-state index < -0.39 is 0 Å². The molecule has 0 aliphatic heterocycles. The van der Waals surface area contributed by atoms with Gasteiger partial charge in [0.05, 0.1) is 11.7 Å². The number of nitrogens with zero attached hydrogens (tertiary/aromatic N) is 2. The molecule has 0 amide bonds. The molecule has 0 bridgehead atoms. The molecule has 4 heteroatoms. The summed E-state index contributed by atoms with van der Waals surface area (Å²) in [6.07, 6.45) is 1.63. The highest BCUT2D eigenvalue weighted by Crippen LogP contribution is 2.31. The zero-order chi connectivity index (χ0) is 15.0. The van der Waals surface area contributed by atoms with Gasteiger partial charge in [0, 0.05) is 17.5 Å². The molecular weight excluding hydrogens is 280 g/mol. The van der Waals surface area contributed by atoms with E-state index in [1.807, 2.05) is 12.3 Å². The van der Waals surface area contributed by atoms with E-state index in [0.29, 0.717) is 12.5 Å². The minimum Gasteiger partial charge on any atom is -0.299 e. The molecule has 1 aromatic carbocycles. The van der Waals surface area contributed by atoms with E-state index in [1.54, 1.807) is 10.9 Å². The Bertz CT molecular complexity index is 828. The van der Waals surface area contributed by atoms with E-state index in [-0.39, 0.29) is 5.56 Å². The molecule has 0 aliphatic carbocycles. The van der Waals surface area contributed by atoms with Crippen molar-refractivity contribution in [2.24, 2.45) is 0 Å². The lowest BCUT2D eigenvalue weighted by Gasteiger charge is -2.07. The van der Waals surface area contributed by atoms with Gasteiger partial charge in [-0.2, -0.15) is 0 Å². The Hall–Kier alpha value is -1.94. The molecule has 0 radical (unpaired) electrons. The van der Waals surface area contributed by atoms with Gasteiger partial charge in [-0.05, 0) is 24.0 Å². The van der Waals surface area contributed by atoms with E-state index in [4.69, 9.17) is 0 Å². The number of fused-ring (bicyclic) bond motifs is 1. The molecule has 2 aromatic heterocycles. The molecule has 2 heterocycles. The van der Waals surface area contributed by atoms with Crippen LogP contribution in [0.3, 0.4) is 0 Å². The summed E-state index contributed by atoms with van der Waals surface area (Å²) in [6, 6.07) is 8.47. The second-order valence-electron chi connectivity index (χ2n) is 5.44. The van der Waals surface area contributed by atoms with Gasteiger partial charge in [-0.15, -0.1) is 11.3 Å². The molecular formula is C17H18N2OS. The number of hydrogen-bond donors (Lipinski definition) is 0. The fourth-order valence-electron chi connectivity index (χ4n) is 2.45. The summed E-state index contributed by atoms with van der Waals surface area (Å²) in [7, 11) is 0. The summed E-state index contributed by atoms with van der Waals surface area (Å²) >= 11 is 1.53. The van der Waals surface area contributed by atoms with Crippen LogP contribution in [0.5, 0.6) is 0 Å². The zero-order valence-electron chi connectivity index (χ0n) is 12.5. The van der Waals surface area contributed by atoms with E-state index in [9.17, 15) is 4.79 Å². The standard InChI is InChI=1S/C17H18N2OS/c1-4-19-10-18-16-15(17(19)20)14(9-21-16)13-7-5-12(6-8-13)11(2)3/h5-11H,4H2,1-3H3. The minimum absolute atomic E-state index is 0.0479. The predicted octanol–water partition coefficient (Wildman–Crippen LogP) is 4.27. The second-order valence-corrected chi connectivity index (χ2v) is 6.30. The summed E-state index contributed by atoms with van der Waals surface area (Å²) in [4.78, 5) is 17.7. The summed E-state index contributed by atoms with van der Waals surface area (Å²) in [6.45, 7) is 6.96. The van der Waals surface area contributed by atoms with Gasteiger partial charge in [0.25, 0.3) is 5.56 Å². The van der Waals surface area contributed by atoms with Crippen molar-refractivity contribution in [1.82, 2.24) is 9.55 Å². The summed E-state index contributed by atoms with van der Waals surface area (Å²) in [5.41, 5.74) is 3.43. The molecule has 0 aliphatic rings. The SMILES string of the molecule is CCn1cnc2scc(-c3ccc(C(C)C)cc3)c2c1=O. The lowest BCUT2D eigenvalue weighted by molar-refractivity contribution is 0.718. The third-order valence-corrected chi connectivity index (χ3v) is 4.68. The Labute approximate surface area is 127 Å². The average Bonchev–Trinajstić information content (AvgIpc) is 2.92. The van der Waals surface area contributed by atoms with Crippen LogP contribution in [0.15, 0.2) is 40.8 Å². The molecule has 3 nitrogen and oxygen atoms in total. The molecule has 3 aromatic rings. The molecule has 0 saturated heterocycles. The van der Waals surface area contributed by atoms with Gasteiger partial charge < -0.3 is 0 Å². The minimum atomic E-state index is 0.0479. The summed E-state index contributed by atoms with van der Waals surface area (Å²) in [5, 5.41) is 2.77. The van der Waals surface area contributed by atoms with Crippen LogP contribution in [0.4, 0.5) is 0 Å². The molecule has 0 N–H and O–H groups in total. The van der Waals surface area contributed by atoms with E-state index in [2.05, 4.69) is 43.1 Å². The molecule has 0 spiro atoms. The zero-order valence-corrected chi connectivity index (χ0v) is 13.3. The van der Waals surface area contributed by atoms with Crippen LogP contribution in [0, 0.1) is 0 Å². The van der Waals surface area contributed by atoms with Crippen molar-refractivity contribution in [2.75, 3.05) is 0 Å². The number of rotatable bonds is 3. The summed E-state index contributed by atoms with van der Waals surface area (Å²) < 4.78 is 1.65. The second kappa shape index (κ2) is 5.45. The van der Waals surface area contributed by atoms with E-state index >= 15 is 0 Å². The molecule has 0 saturated carbocycles. The largest absolute Gasteiger partial charge is 0.299 e. The maximum absolute atomic E-state index is 12.5. The first-order valence-electron chi connectivity index (χ1n) is 7.18. The van der Waals surface area contributed by atoms with Crippen molar-refractivity contribution in [2.45, 2.75) is 33.2 Å². The molecule has 0 unspecified atom stereocenters. The number of thiophene rings is 1. The lowest BCUT2D eigenvalue weighted by Crippen LogP contribution is -2.19. The smallest absolute Gasteiger partial charge is 0.262 e. The van der Waals surface area contributed by atoms with Crippen molar-refractivity contribution >= 4 is 21.6 Å². The van der Waals surface area contributed by atoms with E-state index in [1.165, 1.54) is 16.9 Å². The van der Waals surface area contributed by atoms with Gasteiger partial charge in [-0.1, -0.05) is 38.1 Å². The fourth-order valence-corrected chi connectivity index (χ4v) is 3.36. The first kappa shape index (κ1) is 14.0. The number of aryl methyl sites for hydroxylation is 1. The van der Waals surface area contributed by atoms with Crippen LogP contribution in [-0.2, 0) is 6.54 Å². The highest BCUT2D eigenvalue weighted by Gasteiger charge is 2.13. The molecule has 3 rings (SSSR count). The third-order valence-electron chi connectivity index (χ3n) is 3.79. The monoisotopic (exact) mass is 298 g/mol. The van der Waals surface area contributed by atoms with Crippen LogP contribution in [0.25, 0.3) is 21.3 Å². The highest BCUT2D eigenvalue weighted by atomic mass is 32.1. The average molecular weight is 298 g/mol. The van der Waals surface area contributed by atoms with Gasteiger partial charge >= 0.3 is 0 Å². The first-order chi connectivity index (χ1) is 10.1. The molecule has 21 heavy (non-hydrogen) atoms. The number of hydrogen-bond acceptors (Lipinski definition) is 3. The van der Waals surface area contributed by atoms with Crippen molar-refractivity contribution in [3.63, 3.8) is 0 Å². The number of aromatic nitrogens is 2. The van der Waals surface area contributed by atoms with Crippen molar-refractivity contribution in [1.29, 1.82) is 0 Å². The third kappa shape index (κ3) is 2.40. The van der Waals surface area contributed by atoms with Gasteiger partial charge in [0.15, 0.2) is 0 Å². The van der Waals surface area contributed by atoms with Gasteiger partial charge in [-0.25, -0.2) is 4.98 Å². The maximum Gasteiger partial charge on any atom is 0.262 e. The van der Waals surface area contributed by atoms with Crippen LogP contribution < -0.4 is 5.56 Å². The Balaban J connectivity index is 2.18. The van der Waals surface area contributed by atoms with Crippen LogP contribution in [0.2, 0.25) is 0 Å². The van der Waals surface area contributed by atoms with Crippen LogP contribution in [0.1, 0.15) is 32.3 Å². The topological polar surface area (TPSA) is 34.9 Å². The molecule has 0 atom stereocenters. The van der Waals surface area contributed by atoms with Crippen molar-refractivity contribution < 1.29 is 0 Å². The Kier molecular flexibility index (Phi) is 3.64. The summed E-state index contributed by atoms with van der Waals surface area (Å²) in [5.74, 6) is 0.511. The molecule has 0 fully saturated rings. The van der Waals surface area contributed by atoms with Crippen LogP contribution >= 0.6 is 11.3 Å². The predicted molar refractivity (Wildman–Crippen MR) is 89.1 cm³/mol. The van der Waals surface area contributed by atoms with Gasteiger partial charge in [-0.3, -0.25) is 9.36 Å². The fraction of sp³-hybridized carbons (Fsp3) is 0.294. The lowest BCUT2D eigenvalue weighted by atomic mass is 9.99. The van der Waals surface area contributed by atoms with Gasteiger partial charge in [0.1, 0.15) is 4.83 Å². The quantitative estimate of drug-likeness (QED) is 0.724. The molecule has 108 valence electrons. The van der Waals surface area contributed by atoms with Crippen molar-refractivity contribution in [3.8, 4) is 11.1 Å². The Morgan fingerprint density at radius 1 is 1.24 bits per heavy atom. The number of benzene rings is 1. The Morgan fingerprint density at radius 3 is 2.57 bits per heavy atom. The normalized spacial score (nSPS) is 11.4. The van der Waals surface area contributed by atoms with Crippen molar-refractivity contribution in [3.05, 3.63) is 51.9 Å². The highest BCUT2D eigenvalue weighted by molar-refractivity contribution is 7.17. The maximum atomic E-state index is 12.5.